The summed E-state index contributed by atoms with van der Waals surface area (Å²) >= 11 is 3.45. The molecule has 3 heteroatoms. The second-order valence-electron chi connectivity index (χ2n) is 2.95. The average molecular weight is 238 g/mol. The van der Waals surface area contributed by atoms with E-state index in [9.17, 15) is 0 Å². The van der Waals surface area contributed by atoms with Gasteiger partial charge in [0.25, 0.3) is 0 Å². The van der Waals surface area contributed by atoms with Crippen LogP contribution in [-0.2, 0) is 6.54 Å². The molecule has 0 atom stereocenters. The lowest BCUT2D eigenvalue weighted by atomic mass is 10.3. The summed E-state index contributed by atoms with van der Waals surface area (Å²) in [6.45, 7) is 3.15. The van der Waals surface area contributed by atoms with Crippen LogP contribution in [0.1, 0.15) is 13.3 Å². The molecular weight excluding hydrogens is 228 g/mol. The second-order valence-corrected chi connectivity index (χ2v) is 3.66. The molecule has 0 aliphatic heterocycles. The van der Waals surface area contributed by atoms with Crippen LogP contribution < -0.4 is 0 Å². The van der Waals surface area contributed by atoms with Crippen LogP contribution in [0.4, 0.5) is 0 Å². The third-order valence-corrected chi connectivity index (χ3v) is 2.60. The highest BCUT2D eigenvalue weighted by Gasteiger charge is 2.05. The summed E-state index contributed by atoms with van der Waals surface area (Å²) in [5.41, 5.74) is 2.18. The quantitative estimate of drug-likeness (QED) is 0.786. The molecule has 0 N–H and O–H groups in total. The largest absolute Gasteiger partial charge is 0.319 e. The topological polar surface area (TPSA) is 17.8 Å². The van der Waals surface area contributed by atoms with Gasteiger partial charge in [0.1, 0.15) is 0 Å². The van der Waals surface area contributed by atoms with Gasteiger partial charge in [0.05, 0.1) is 11.0 Å². The van der Waals surface area contributed by atoms with Crippen molar-refractivity contribution in [3.05, 3.63) is 29.0 Å². The van der Waals surface area contributed by atoms with Gasteiger partial charge in [0.15, 0.2) is 4.73 Å². The van der Waals surface area contributed by atoms with Gasteiger partial charge in [-0.3, -0.25) is 0 Å². The average Bonchev–Trinajstić information content (AvgIpc) is 2.44. The molecule has 1 aromatic heterocycles. The van der Waals surface area contributed by atoms with Crippen molar-refractivity contribution >= 4 is 27.0 Å². The number of nitrogens with zero attached hydrogens (tertiary/aromatic N) is 2. The first-order valence-corrected chi connectivity index (χ1v) is 5.14. The van der Waals surface area contributed by atoms with E-state index in [0.29, 0.717) is 0 Å². The maximum Gasteiger partial charge on any atom is 0.178 e. The molecular formula is C10H10BrN2. The van der Waals surface area contributed by atoms with Crippen LogP contribution in [0, 0.1) is 6.07 Å². The molecule has 0 saturated heterocycles. The first-order chi connectivity index (χ1) is 6.33. The fraction of sp³-hybridized carbons (Fsp3) is 0.300. The molecule has 0 aliphatic rings. The number of hydrogen-bond donors (Lipinski definition) is 0. The van der Waals surface area contributed by atoms with Gasteiger partial charge < -0.3 is 4.57 Å². The van der Waals surface area contributed by atoms with Crippen LogP contribution in [0.5, 0.6) is 0 Å². The predicted molar refractivity (Wildman–Crippen MR) is 56.6 cm³/mol. The molecule has 0 aliphatic carbocycles. The monoisotopic (exact) mass is 237 g/mol. The van der Waals surface area contributed by atoms with Gasteiger partial charge in [0.2, 0.25) is 0 Å². The SMILES string of the molecule is CCCn1c(Br)nc2cc[c]cc21. The van der Waals surface area contributed by atoms with Crippen molar-refractivity contribution in [3.63, 3.8) is 0 Å². The zero-order valence-electron chi connectivity index (χ0n) is 7.42. The van der Waals surface area contributed by atoms with E-state index in [4.69, 9.17) is 0 Å². The van der Waals surface area contributed by atoms with Gasteiger partial charge in [-0.1, -0.05) is 13.0 Å². The van der Waals surface area contributed by atoms with Gasteiger partial charge in [-0.15, -0.1) is 0 Å². The van der Waals surface area contributed by atoms with Crippen molar-refractivity contribution in [1.82, 2.24) is 9.55 Å². The molecule has 1 heterocycles. The van der Waals surface area contributed by atoms with Crippen molar-refractivity contribution in [2.24, 2.45) is 0 Å². The molecule has 67 valence electrons. The van der Waals surface area contributed by atoms with Crippen molar-refractivity contribution in [2.75, 3.05) is 0 Å². The van der Waals surface area contributed by atoms with Gasteiger partial charge in [-0.05, 0) is 40.5 Å². The zero-order chi connectivity index (χ0) is 9.26. The number of fused-ring (bicyclic) bond motifs is 1. The molecule has 0 spiro atoms. The molecule has 1 radical (unpaired) electrons. The van der Waals surface area contributed by atoms with Crippen molar-refractivity contribution < 1.29 is 0 Å². The highest BCUT2D eigenvalue weighted by atomic mass is 79.9. The number of benzene rings is 1. The van der Waals surface area contributed by atoms with Gasteiger partial charge >= 0.3 is 0 Å². The Balaban J connectivity index is 2.64. The number of imidazole rings is 1. The fourth-order valence-corrected chi connectivity index (χ4v) is 1.98. The van der Waals surface area contributed by atoms with Crippen molar-refractivity contribution in [3.8, 4) is 0 Å². The van der Waals surface area contributed by atoms with E-state index in [2.05, 4.69) is 38.5 Å². The lowest BCUT2D eigenvalue weighted by Crippen LogP contribution is -1.96. The highest BCUT2D eigenvalue weighted by molar-refractivity contribution is 9.10. The summed E-state index contributed by atoms with van der Waals surface area (Å²) in [5, 5.41) is 0. The number of hydrogen-bond acceptors (Lipinski definition) is 1. The Morgan fingerprint density at radius 3 is 3.23 bits per heavy atom. The van der Waals surface area contributed by atoms with Crippen LogP contribution in [0.3, 0.4) is 0 Å². The predicted octanol–water partition coefficient (Wildman–Crippen LogP) is 3.01. The molecule has 2 aromatic rings. The van der Waals surface area contributed by atoms with Crippen LogP contribution in [0.2, 0.25) is 0 Å². The zero-order valence-corrected chi connectivity index (χ0v) is 9.00. The summed E-state index contributed by atoms with van der Waals surface area (Å²) in [5.74, 6) is 0. The molecule has 2 rings (SSSR count). The molecule has 0 bridgehead atoms. The molecule has 0 saturated carbocycles. The number of rotatable bonds is 2. The van der Waals surface area contributed by atoms with Gasteiger partial charge in [-0.2, -0.15) is 0 Å². The van der Waals surface area contributed by atoms with Crippen LogP contribution in [0.15, 0.2) is 22.9 Å². The van der Waals surface area contributed by atoms with Crippen molar-refractivity contribution in [1.29, 1.82) is 0 Å². The summed E-state index contributed by atoms with van der Waals surface area (Å²) in [6.07, 6.45) is 1.11. The van der Waals surface area contributed by atoms with Crippen molar-refractivity contribution in [2.45, 2.75) is 19.9 Å². The van der Waals surface area contributed by atoms with E-state index in [0.717, 1.165) is 28.7 Å². The first kappa shape index (κ1) is 8.75. The lowest BCUT2D eigenvalue weighted by Gasteiger charge is -2.01. The Morgan fingerprint density at radius 1 is 1.62 bits per heavy atom. The molecule has 1 aromatic carbocycles. The lowest BCUT2D eigenvalue weighted by molar-refractivity contribution is 0.682. The summed E-state index contributed by atoms with van der Waals surface area (Å²) in [6, 6.07) is 8.91. The molecule has 0 fully saturated rings. The van der Waals surface area contributed by atoms with Crippen LogP contribution >= 0.6 is 15.9 Å². The Morgan fingerprint density at radius 2 is 2.46 bits per heavy atom. The minimum absolute atomic E-state index is 0.906. The summed E-state index contributed by atoms with van der Waals surface area (Å²) < 4.78 is 3.07. The Bertz CT molecular complexity index is 420. The normalized spacial score (nSPS) is 10.9. The Kier molecular flexibility index (Phi) is 2.36. The van der Waals surface area contributed by atoms with E-state index in [-0.39, 0.29) is 0 Å². The summed E-state index contributed by atoms with van der Waals surface area (Å²) in [7, 11) is 0. The van der Waals surface area contributed by atoms with E-state index in [1.807, 2.05) is 18.2 Å². The molecule has 0 amide bonds. The maximum atomic E-state index is 4.39. The van der Waals surface area contributed by atoms with Crippen LogP contribution in [0.25, 0.3) is 11.0 Å². The molecule has 0 unspecified atom stereocenters. The standard InChI is InChI=1S/C10H10BrN2/c1-2-7-13-9-6-4-3-5-8(9)12-10(13)11/h3,5-6H,2,7H2,1H3. The Hall–Kier alpha value is -0.830. The van der Waals surface area contributed by atoms with E-state index < -0.39 is 0 Å². The van der Waals surface area contributed by atoms with Crippen LogP contribution in [-0.4, -0.2) is 9.55 Å². The highest BCUT2D eigenvalue weighted by Crippen LogP contribution is 2.19. The molecule has 2 nitrogen and oxygen atoms in total. The first-order valence-electron chi connectivity index (χ1n) is 4.34. The Labute approximate surface area is 85.7 Å². The smallest absolute Gasteiger partial charge is 0.178 e. The van der Waals surface area contributed by atoms with Gasteiger partial charge in [0, 0.05) is 6.54 Å². The number of aromatic nitrogens is 2. The fourth-order valence-electron chi connectivity index (χ4n) is 1.42. The van der Waals surface area contributed by atoms with Gasteiger partial charge in [-0.25, -0.2) is 4.98 Å². The minimum atomic E-state index is 0.906. The third kappa shape index (κ3) is 1.48. The van der Waals surface area contributed by atoms with E-state index in [1.165, 1.54) is 0 Å². The number of halogens is 1. The summed E-state index contributed by atoms with van der Waals surface area (Å²) in [4.78, 5) is 4.39. The maximum absolute atomic E-state index is 4.39. The third-order valence-electron chi connectivity index (χ3n) is 1.99. The van der Waals surface area contributed by atoms with E-state index >= 15 is 0 Å². The number of aryl methyl sites for hydroxylation is 1. The second kappa shape index (κ2) is 3.50. The van der Waals surface area contributed by atoms with E-state index in [1.54, 1.807) is 0 Å². The minimum Gasteiger partial charge on any atom is -0.319 e. The molecule has 13 heavy (non-hydrogen) atoms.